The van der Waals surface area contributed by atoms with Crippen LogP contribution in [0.15, 0.2) is 12.1 Å². The van der Waals surface area contributed by atoms with E-state index in [1.54, 1.807) is 6.07 Å². The zero-order chi connectivity index (χ0) is 11.3. The molecule has 1 aliphatic carbocycles. The minimum atomic E-state index is -0.0644. The predicted molar refractivity (Wildman–Crippen MR) is 58.8 cm³/mol. The molecule has 1 aromatic rings. The minimum Gasteiger partial charge on any atom is -0.508 e. The smallest absolute Gasteiger partial charge is 0.231 e. The summed E-state index contributed by atoms with van der Waals surface area (Å²) in [5.41, 5.74) is 6.83. The normalized spacial score (nSPS) is 21.9. The Balaban J connectivity index is 2.08. The summed E-state index contributed by atoms with van der Waals surface area (Å²) in [5.74, 6) is 1.58. The molecule has 0 amide bonds. The van der Waals surface area contributed by atoms with Gasteiger partial charge >= 0.3 is 0 Å². The van der Waals surface area contributed by atoms with E-state index in [9.17, 15) is 5.11 Å². The van der Waals surface area contributed by atoms with Crippen LogP contribution in [0.5, 0.6) is 17.2 Å². The Labute approximate surface area is 94.0 Å². The monoisotopic (exact) mass is 221 g/mol. The number of rotatable bonds is 2. The molecule has 4 nitrogen and oxygen atoms in total. The average molecular weight is 221 g/mol. The van der Waals surface area contributed by atoms with Crippen LogP contribution in [-0.4, -0.2) is 17.9 Å². The number of ether oxygens (including phenoxy) is 2. The van der Waals surface area contributed by atoms with E-state index in [1.807, 2.05) is 13.0 Å². The molecule has 0 saturated heterocycles. The van der Waals surface area contributed by atoms with Gasteiger partial charge in [-0.05, 0) is 25.8 Å². The van der Waals surface area contributed by atoms with E-state index >= 15 is 0 Å². The zero-order valence-electron chi connectivity index (χ0n) is 9.19. The highest BCUT2D eigenvalue weighted by molar-refractivity contribution is 5.55. The summed E-state index contributed by atoms with van der Waals surface area (Å²) in [6, 6.07) is 3.53. The van der Waals surface area contributed by atoms with E-state index in [2.05, 4.69) is 0 Å². The van der Waals surface area contributed by atoms with Gasteiger partial charge in [-0.15, -0.1) is 0 Å². The molecular weight excluding hydrogens is 206 g/mol. The molecule has 16 heavy (non-hydrogen) atoms. The van der Waals surface area contributed by atoms with Crippen LogP contribution in [0.2, 0.25) is 0 Å². The number of hydrogen-bond acceptors (Lipinski definition) is 4. The van der Waals surface area contributed by atoms with Crippen molar-refractivity contribution >= 4 is 0 Å². The van der Waals surface area contributed by atoms with Gasteiger partial charge in [0.05, 0.1) is 0 Å². The number of nitrogens with two attached hydrogens (primary N) is 1. The van der Waals surface area contributed by atoms with E-state index in [-0.39, 0.29) is 24.0 Å². The van der Waals surface area contributed by atoms with E-state index in [4.69, 9.17) is 15.2 Å². The van der Waals surface area contributed by atoms with Crippen LogP contribution in [0.25, 0.3) is 0 Å². The van der Waals surface area contributed by atoms with Gasteiger partial charge in [-0.25, -0.2) is 0 Å². The molecule has 2 aliphatic rings. The van der Waals surface area contributed by atoms with Crippen LogP contribution in [0.1, 0.15) is 25.3 Å². The van der Waals surface area contributed by atoms with E-state index < -0.39 is 0 Å². The molecule has 1 atom stereocenters. The van der Waals surface area contributed by atoms with Crippen molar-refractivity contribution in [3.63, 3.8) is 0 Å². The van der Waals surface area contributed by atoms with Gasteiger partial charge in [-0.2, -0.15) is 0 Å². The van der Waals surface area contributed by atoms with Crippen molar-refractivity contribution in [1.82, 2.24) is 0 Å². The third kappa shape index (κ3) is 1.19. The number of aromatic hydroxyl groups is 1. The lowest BCUT2D eigenvalue weighted by Crippen LogP contribution is -2.31. The molecule has 0 aromatic heterocycles. The number of benzene rings is 1. The van der Waals surface area contributed by atoms with Crippen molar-refractivity contribution in [2.24, 2.45) is 5.73 Å². The third-order valence-corrected chi connectivity index (χ3v) is 3.69. The Kier molecular flexibility index (Phi) is 1.86. The van der Waals surface area contributed by atoms with Gasteiger partial charge < -0.3 is 20.3 Å². The van der Waals surface area contributed by atoms with Crippen molar-refractivity contribution in [3.05, 3.63) is 17.7 Å². The van der Waals surface area contributed by atoms with Gasteiger partial charge in [-0.3, -0.25) is 0 Å². The second-order valence-electron chi connectivity index (χ2n) is 4.67. The summed E-state index contributed by atoms with van der Waals surface area (Å²) in [4.78, 5) is 0. The lowest BCUT2D eigenvalue weighted by Gasteiger charge is -2.21. The highest BCUT2D eigenvalue weighted by atomic mass is 16.7. The molecule has 86 valence electrons. The van der Waals surface area contributed by atoms with Crippen molar-refractivity contribution in [1.29, 1.82) is 0 Å². The first-order chi connectivity index (χ1) is 7.63. The summed E-state index contributed by atoms with van der Waals surface area (Å²) in [7, 11) is 0. The molecule has 1 aromatic carbocycles. The van der Waals surface area contributed by atoms with Crippen LogP contribution in [0, 0.1) is 0 Å². The lowest BCUT2D eigenvalue weighted by atomic mass is 9.88. The summed E-state index contributed by atoms with van der Waals surface area (Å²) >= 11 is 0. The van der Waals surface area contributed by atoms with Crippen LogP contribution < -0.4 is 15.2 Å². The molecule has 1 heterocycles. The van der Waals surface area contributed by atoms with Crippen LogP contribution in [-0.2, 0) is 5.41 Å². The van der Waals surface area contributed by atoms with E-state index in [1.165, 1.54) is 0 Å². The van der Waals surface area contributed by atoms with E-state index in [0.717, 1.165) is 18.4 Å². The van der Waals surface area contributed by atoms with Gasteiger partial charge in [-0.1, -0.05) is 0 Å². The highest BCUT2D eigenvalue weighted by Gasteiger charge is 2.49. The fourth-order valence-electron chi connectivity index (χ4n) is 2.43. The second-order valence-corrected chi connectivity index (χ2v) is 4.67. The molecule has 0 bridgehead atoms. The summed E-state index contributed by atoms with van der Waals surface area (Å²) < 4.78 is 10.5. The molecule has 4 heteroatoms. The topological polar surface area (TPSA) is 64.7 Å². The summed E-state index contributed by atoms with van der Waals surface area (Å²) in [6.45, 7) is 2.21. The molecule has 1 saturated carbocycles. The summed E-state index contributed by atoms with van der Waals surface area (Å²) in [6.07, 6.45) is 2.05. The van der Waals surface area contributed by atoms with Crippen molar-refractivity contribution in [2.45, 2.75) is 31.2 Å². The Hall–Kier alpha value is -1.42. The van der Waals surface area contributed by atoms with E-state index in [0.29, 0.717) is 11.5 Å². The second kappa shape index (κ2) is 3.04. The van der Waals surface area contributed by atoms with Gasteiger partial charge in [0.25, 0.3) is 0 Å². The lowest BCUT2D eigenvalue weighted by molar-refractivity contribution is 0.174. The number of fused-ring (bicyclic) bond motifs is 1. The van der Waals surface area contributed by atoms with Gasteiger partial charge in [0.1, 0.15) is 5.75 Å². The third-order valence-electron chi connectivity index (χ3n) is 3.69. The van der Waals surface area contributed by atoms with Crippen LogP contribution in [0.4, 0.5) is 0 Å². The zero-order valence-corrected chi connectivity index (χ0v) is 9.19. The Morgan fingerprint density at radius 3 is 2.50 bits per heavy atom. The predicted octanol–water partition coefficient (Wildman–Crippen LogP) is 1.50. The summed E-state index contributed by atoms with van der Waals surface area (Å²) in [5, 5.41) is 10.0. The minimum absolute atomic E-state index is 0.0405. The molecular formula is C12H15NO3. The fourth-order valence-corrected chi connectivity index (χ4v) is 2.43. The van der Waals surface area contributed by atoms with Gasteiger partial charge in [0, 0.05) is 23.1 Å². The first-order valence-electron chi connectivity index (χ1n) is 5.52. The maximum atomic E-state index is 10.0. The average Bonchev–Trinajstić information content (AvgIpc) is 2.92. The molecule has 1 unspecified atom stereocenters. The van der Waals surface area contributed by atoms with Crippen molar-refractivity contribution in [2.75, 3.05) is 6.79 Å². The molecule has 1 fully saturated rings. The quantitative estimate of drug-likeness (QED) is 0.794. The maximum absolute atomic E-state index is 10.0. The molecule has 1 aliphatic heterocycles. The Bertz CT molecular complexity index is 438. The first-order valence-corrected chi connectivity index (χ1v) is 5.52. The van der Waals surface area contributed by atoms with Gasteiger partial charge in [0.15, 0.2) is 11.5 Å². The van der Waals surface area contributed by atoms with Crippen LogP contribution >= 0.6 is 0 Å². The molecule has 0 spiro atoms. The first kappa shape index (κ1) is 9.78. The molecule has 3 N–H and O–H groups in total. The SMILES string of the molecule is CC(N)C1(c2cc3c(cc2O)OCO3)CC1. The van der Waals surface area contributed by atoms with Crippen molar-refractivity contribution in [3.8, 4) is 17.2 Å². The maximum Gasteiger partial charge on any atom is 0.231 e. The highest BCUT2D eigenvalue weighted by Crippen LogP contribution is 2.55. The molecule has 0 radical (unpaired) electrons. The fraction of sp³-hybridized carbons (Fsp3) is 0.500. The Morgan fingerprint density at radius 2 is 1.94 bits per heavy atom. The number of phenols is 1. The standard InChI is InChI=1S/C12H15NO3/c1-7(13)12(2-3-12)8-4-10-11(5-9(8)14)16-6-15-10/h4-5,7,14H,2-3,6,13H2,1H3. The Morgan fingerprint density at radius 1 is 1.31 bits per heavy atom. The van der Waals surface area contributed by atoms with Gasteiger partial charge in [0.2, 0.25) is 6.79 Å². The largest absolute Gasteiger partial charge is 0.508 e. The molecule has 3 rings (SSSR count). The van der Waals surface area contributed by atoms with Crippen molar-refractivity contribution < 1.29 is 14.6 Å². The number of phenolic OH excluding ortho intramolecular Hbond substituents is 1. The van der Waals surface area contributed by atoms with Crippen LogP contribution in [0.3, 0.4) is 0 Å². The number of hydrogen-bond donors (Lipinski definition) is 2.